The van der Waals surface area contributed by atoms with Crippen molar-refractivity contribution in [2.24, 2.45) is 0 Å². The highest BCUT2D eigenvalue weighted by Crippen LogP contribution is 2.52. The fourth-order valence-electron chi connectivity index (χ4n) is 9.76. The molecule has 0 spiro atoms. The lowest BCUT2D eigenvalue weighted by Crippen LogP contribution is -2.17. The molecule has 3 nitrogen and oxygen atoms in total. The zero-order valence-corrected chi connectivity index (χ0v) is 32.3. The first-order valence-electron chi connectivity index (χ1n) is 20.1. The lowest BCUT2D eigenvalue weighted by Gasteiger charge is -2.28. The third kappa shape index (κ3) is 4.80. The predicted molar refractivity (Wildman–Crippen MR) is 243 cm³/mol. The summed E-state index contributed by atoms with van der Waals surface area (Å²) in [6, 6.07) is 70.7. The number of hydrogen-bond acceptors (Lipinski definition) is 2. The van der Waals surface area contributed by atoms with Crippen molar-refractivity contribution in [2.45, 2.75) is 19.3 Å². The van der Waals surface area contributed by atoms with Gasteiger partial charge in [-0.2, -0.15) is 0 Å². The lowest BCUT2D eigenvalue weighted by molar-refractivity contribution is 0.660. The minimum absolute atomic E-state index is 0.232. The molecule has 11 aromatic rings. The van der Waals surface area contributed by atoms with Crippen molar-refractivity contribution in [3.05, 3.63) is 205 Å². The molecule has 2 aromatic heterocycles. The highest BCUT2D eigenvalue weighted by molar-refractivity contribution is 6.09. The van der Waals surface area contributed by atoms with Crippen LogP contribution in [0.4, 0.5) is 17.1 Å². The van der Waals surface area contributed by atoms with Crippen LogP contribution in [0.2, 0.25) is 0 Å². The van der Waals surface area contributed by atoms with Crippen LogP contribution in [0.5, 0.6) is 0 Å². The first-order valence-corrected chi connectivity index (χ1v) is 20.1. The monoisotopic (exact) mass is 742 g/mol. The quantitative estimate of drug-likeness (QED) is 0.175. The van der Waals surface area contributed by atoms with Crippen LogP contribution in [-0.4, -0.2) is 4.57 Å². The van der Waals surface area contributed by atoms with E-state index < -0.39 is 0 Å². The fourth-order valence-corrected chi connectivity index (χ4v) is 9.76. The number of benzene rings is 9. The van der Waals surface area contributed by atoms with Crippen LogP contribution in [0.1, 0.15) is 25.0 Å². The third-order valence-electron chi connectivity index (χ3n) is 12.6. The van der Waals surface area contributed by atoms with Crippen molar-refractivity contribution in [1.82, 2.24) is 4.57 Å². The Kier molecular flexibility index (Phi) is 6.98. The Bertz CT molecular complexity index is 3380. The van der Waals surface area contributed by atoms with Gasteiger partial charge in [0.15, 0.2) is 0 Å². The Morgan fingerprint density at radius 2 is 0.983 bits per heavy atom. The molecule has 3 heteroatoms. The summed E-state index contributed by atoms with van der Waals surface area (Å²) in [6.07, 6.45) is 0. The number of nitrogens with zero attached hydrogens (tertiary/aromatic N) is 2. The van der Waals surface area contributed by atoms with Crippen molar-refractivity contribution in [3.63, 3.8) is 0 Å². The van der Waals surface area contributed by atoms with Crippen molar-refractivity contribution < 1.29 is 4.42 Å². The standard InChI is InChI=1S/C55H38N2O/c1-55(2)49-33-39(26-29-43(49)44-30-27-40(34-50(44)55)57-51-19-8-5-15-45(51)46-16-6-9-20-52(46)57)56(38-28-31-54-48(32-38)47-17-7-10-21-53(47)58-54)37-24-22-36(23-25-37)42-18-11-13-35-12-3-4-14-41(35)42/h3-34H,1-2H3. The Morgan fingerprint density at radius 1 is 0.414 bits per heavy atom. The first kappa shape index (κ1) is 32.8. The molecule has 0 saturated heterocycles. The Balaban J connectivity index is 1.00. The van der Waals surface area contributed by atoms with Crippen LogP contribution >= 0.6 is 0 Å². The summed E-state index contributed by atoms with van der Waals surface area (Å²) in [6.45, 7) is 4.76. The van der Waals surface area contributed by atoms with Crippen LogP contribution in [0.25, 0.3) is 82.5 Å². The van der Waals surface area contributed by atoms with Gasteiger partial charge < -0.3 is 13.9 Å². The number of hydrogen-bond donors (Lipinski definition) is 0. The zero-order chi connectivity index (χ0) is 38.5. The topological polar surface area (TPSA) is 21.3 Å². The molecule has 1 aliphatic carbocycles. The van der Waals surface area contributed by atoms with E-state index in [-0.39, 0.29) is 5.41 Å². The molecule has 0 N–H and O–H groups in total. The molecule has 2 heterocycles. The number of fused-ring (bicyclic) bond motifs is 10. The normalized spacial score (nSPS) is 13.1. The third-order valence-corrected chi connectivity index (χ3v) is 12.6. The largest absolute Gasteiger partial charge is 0.456 e. The van der Waals surface area contributed by atoms with E-state index in [1.165, 1.54) is 71.6 Å². The van der Waals surface area contributed by atoms with Gasteiger partial charge in [-0.25, -0.2) is 0 Å². The minimum atomic E-state index is -0.232. The van der Waals surface area contributed by atoms with Gasteiger partial charge in [0, 0.05) is 49.7 Å². The molecule has 12 rings (SSSR count). The van der Waals surface area contributed by atoms with Gasteiger partial charge in [0.05, 0.1) is 11.0 Å². The van der Waals surface area contributed by atoms with Gasteiger partial charge in [0.25, 0.3) is 0 Å². The fraction of sp³-hybridized carbons (Fsp3) is 0.0545. The second kappa shape index (κ2) is 12.3. The summed E-state index contributed by atoms with van der Waals surface area (Å²) in [4.78, 5) is 2.40. The van der Waals surface area contributed by atoms with Crippen LogP contribution in [-0.2, 0) is 5.41 Å². The van der Waals surface area contributed by atoms with Gasteiger partial charge in [-0.05, 0) is 117 Å². The molecule has 0 radical (unpaired) electrons. The van der Waals surface area contributed by atoms with E-state index in [0.29, 0.717) is 0 Å². The van der Waals surface area contributed by atoms with Gasteiger partial charge in [-0.15, -0.1) is 0 Å². The molecule has 1 aliphatic rings. The molecule has 0 amide bonds. The van der Waals surface area contributed by atoms with Crippen molar-refractivity contribution in [1.29, 1.82) is 0 Å². The molecule has 0 atom stereocenters. The summed E-state index contributed by atoms with van der Waals surface area (Å²) in [5.41, 5.74) is 16.2. The van der Waals surface area contributed by atoms with E-state index in [9.17, 15) is 0 Å². The molecule has 0 unspecified atom stereocenters. The van der Waals surface area contributed by atoms with E-state index in [0.717, 1.165) is 39.0 Å². The lowest BCUT2D eigenvalue weighted by atomic mass is 9.82. The average molecular weight is 743 g/mol. The number of anilines is 3. The van der Waals surface area contributed by atoms with Crippen LogP contribution < -0.4 is 4.90 Å². The maximum Gasteiger partial charge on any atom is 0.135 e. The molecular formula is C55H38N2O. The molecule has 274 valence electrons. The highest BCUT2D eigenvalue weighted by atomic mass is 16.3. The Hall–Kier alpha value is -7.36. The zero-order valence-electron chi connectivity index (χ0n) is 32.3. The van der Waals surface area contributed by atoms with Crippen LogP contribution in [0.15, 0.2) is 199 Å². The predicted octanol–water partition coefficient (Wildman–Crippen LogP) is 15.3. The first-order chi connectivity index (χ1) is 28.5. The smallest absolute Gasteiger partial charge is 0.135 e. The molecule has 0 saturated carbocycles. The van der Waals surface area contributed by atoms with Crippen molar-refractivity contribution in [2.75, 3.05) is 4.90 Å². The summed E-state index contributed by atoms with van der Waals surface area (Å²) in [5.74, 6) is 0. The maximum absolute atomic E-state index is 6.29. The number of rotatable bonds is 5. The minimum Gasteiger partial charge on any atom is -0.456 e. The highest BCUT2D eigenvalue weighted by Gasteiger charge is 2.36. The van der Waals surface area contributed by atoms with E-state index in [4.69, 9.17) is 4.42 Å². The number of para-hydroxylation sites is 3. The molecule has 9 aromatic carbocycles. The van der Waals surface area contributed by atoms with E-state index in [1.54, 1.807) is 0 Å². The van der Waals surface area contributed by atoms with Gasteiger partial charge >= 0.3 is 0 Å². The average Bonchev–Trinajstić information content (AvgIpc) is 3.89. The molecule has 58 heavy (non-hydrogen) atoms. The van der Waals surface area contributed by atoms with Crippen LogP contribution in [0.3, 0.4) is 0 Å². The van der Waals surface area contributed by atoms with Crippen molar-refractivity contribution in [3.8, 4) is 27.9 Å². The van der Waals surface area contributed by atoms with Gasteiger partial charge in [-0.1, -0.05) is 135 Å². The summed E-state index contributed by atoms with van der Waals surface area (Å²) >= 11 is 0. The second-order valence-electron chi connectivity index (χ2n) is 16.1. The maximum atomic E-state index is 6.29. The van der Waals surface area contributed by atoms with Gasteiger partial charge in [0.2, 0.25) is 0 Å². The Labute approximate surface area is 336 Å². The summed E-state index contributed by atoms with van der Waals surface area (Å²) in [5, 5.41) is 7.28. The molecule has 0 bridgehead atoms. The molecular weight excluding hydrogens is 705 g/mol. The van der Waals surface area contributed by atoms with Crippen LogP contribution in [0, 0.1) is 0 Å². The number of furan rings is 1. The Morgan fingerprint density at radius 3 is 1.76 bits per heavy atom. The van der Waals surface area contributed by atoms with E-state index in [2.05, 4.69) is 205 Å². The summed E-state index contributed by atoms with van der Waals surface area (Å²) in [7, 11) is 0. The van der Waals surface area contributed by atoms with Gasteiger partial charge in [0.1, 0.15) is 11.2 Å². The SMILES string of the molecule is CC1(C)c2cc(N(c3ccc(-c4cccc5ccccc45)cc3)c3ccc4oc5ccccc5c4c3)ccc2-c2ccc(-n3c4ccccc4c4ccccc43)cc21. The number of aromatic nitrogens is 1. The molecule has 0 fully saturated rings. The second-order valence-corrected chi connectivity index (χ2v) is 16.1. The van der Waals surface area contributed by atoms with E-state index >= 15 is 0 Å². The molecule has 0 aliphatic heterocycles. The van der Waals surface area contributed by atoms with Gasteiger partial charge in [-0.3, -0.25) is 0 Å². The van der Waals surface area contributed by atoms with Crippen molar-refractivity contribution >= 4 is 71.6 Å². The van der Waals surface area contributed by atoms with E-state index in [1.807, 2.05) is 12.1 Å². The summed E-state index contributed by atoms with van der Waals surface area (Å²) < 4.78 is 8.71.